The van der Waals surface area contributed by atoms with Crippen LogP contribution in [0.15, 0.2) is 29.2 Å². The van der Waals surface area contributed by atoms with Gasteiger partial charge in [0.15, 0.2) is 0 Å². The smallest absolute Gasteiger partial charge is 0.244 e. The number of rotatable bonds is 5. The fourth-order valence-corrected chi connectivity index (χ4v) is 6.03. The second kappa shape index (κ2) is 8.90. The van der Waals surface area contributed by atoms with Crippen LogP contribution < -0.4 is 5.43 Å². The Hall–Kier alpha value is -1.15. The van der Waals surface area contributed by atoms with Crippen molar-refractivity contribution in [2.75, 3.05) is 26.2 Å². The normalized spacial score (nSPS) is 25.3. The summed E-state index contributed by atoms with van der Waals surface area (Å²) in [6, 6.07) is 6.51. The molecule has 1 amide bonds. The Kier molecular flexibility index (Phi) is 6.78. The Labute approximate surface area is 166 Å². The van der Waals surface area contributed by atoms with E-state index in [9.17, 15) is 13.2 Å². The van der Waals surface area contributed by atoms with E-state index in [1.165, 1.54) is 16.8 Å². The first-order valence-electron chi connectivity index (χ1n) is 9.65. The Bertz CT molecular complexity index is 771. The molecule has 2 heterocycles. The number of carbonyl (C=O) groups is 1. The van der Waals surface area contributed by atoms with E-state index in [1.54, 1.807) is 18.2 Å². The van der Waals surface area contributed by atoms with Gasteiger partial charge in [0.2, 0.25) is 15.9 Å². The molecule has 0 aromatic heterocycles. The number of nitrogens with zero attached hydrogens (tertiary/aromatic N) is 2. The maximum absolute atomic E-state index is 12.9. The maximum Gasteiger partial charge on any atom is 0.244 e. The van der Waals surface area contributed by atoms with Crippen molar-refractivity contribution in [2.45, 2.75) is 43.9 Å². The third-order valence-corrected chi connectivity index (χ3v) is 7.72. The number of carbonyl (C=O) groups excluding carboxylic acids is 1. The minimum atomic E-state index is -3.64. The van der Waals surface area contributed by atoms with Gasteiger partial charge in [0.1, 0.15) is 4.90 Å². The summed E-state index contributed by atoms with van der Waals surface area (Å²) in [5.74, 6) is 0.592. The molecular formula is C19H28ClN3O3S. The lowest BCUT2D eigenvalue weighted by Crippen LogP contribution is -2.48. The second-order valence-corrected chi connectivity index (χ2v) is 10.0. The van der Waals surface area contributed by atoms with Crippen molar-refractivity contribution in [3.05, 3.63) is 29.3 Å². The minimum Gasteiger partial charge on any atom is -0.289 e. The van der Waals surface area contributed by atoms with Gasteiger partial charge in [0.05, 0.1) is 5.02 Å². The molecule has 0 aliphatic carbocycles. The summed E-state index contributed by atoms with van der Waals surface area (Å²) < 4.78 is 27.3. The van der Waals surface area contributed by atoms with E-state index in [0.29, 0.717) is 25.4 Å². The highest BCUT2D eigenvalue weighted by Gasteiger charge is 2.32. The summed E-state index contributed by atoms with van der Waals surface area (Å²) >= 11 is 6.09. The topological polar surface area (TPSA) is 69.7 Å². The maximum atomic E-state index is 12.9. The molecule has 0 bridgehead atoms. The molecule has 150 valence electrons. The van der Waals surface area contributed by atoms with E-state index >= 15 is 0 Å². The van der Waals surface area contributed by atoms with Crippen LogP contribution in [0.2, 0.25) is 5.02 Å². The third-order valence-electron chi connectivity index (χ3n) is 5.35. The van der Waals surface area contributed by atoms with Crippen molar-refractivity contribution in [1.29, 1.82) is 0 Å². The summed E-state index contributed by atoms with van der Waals surface area (Å²) in [6.45, 7) is 4.78. The summed E-state index contributed by atoms with van der Waals surface area (Å²) in [6.07, 6.45) is 4.25. The molecule has 2 saturated heterocycles. The molecule has 1 aromatic carbocycles. The number of hydrazine groups is 1. The zero-order valence-electron chi connectivity index (χ0n) is 15.7. The van der Waals surface area contributed by atoms with Crippen LogP contribution in [0.3, 0.4) is 0 Å². The lowest BCUT2D eigenvalue weighted by molar-refractivity contribution is -0.128. The average Bonchev–Trinajstić information content (AvgIpc) is 2.62. The first-order chi connectivity index (χ1) is 12.9. The van der Waals surface area contributed by atoms with Crippen LogP contribution in [0.4, 0.5) is 0 Å². The van der Waals surface area contributed by atoms with Gasteiger partial charge >= 0.3 is 0 Å². The van der Waals surface area contributed by atoms with Crippen LogP contribution in [0, 0.1) is 11.8 Å². The number of hydrogen-bond acceptors (Lipinski definition) is 4. The monoisotopic (exact) mass is 413 g/mol. The number of amides is 1. The zero-order valence-corrected chi connectivity index (χ0v) is 17.3. The molecule has 2 aliphatic heterocycles. The average molecular weight is 414 g/mol. The fraction of sp³-hybridized carbons (Fsp3) is 0.632. The van der Waals surface area contributed by atoms with Gasteiger partial charge in [-0.2, -0.15) is 4.31 Å². The SMILES string of the molecule is CC1CCCN(NC(=O)CC2CCCN(S(=O)(=O)c3ccccc3Cl)C2)C1. The quantitative estimate of drug-likeness (QED) is 0.805. The van der Waals surface area contributed by atoms with Gasteiger partial charge in [-0.05, 0) is 49.7 Å². The van der Waals surface area contributed by atoms with Crippen molar-refractivity contribution in [2.24, 2.45) is 11.8 Å². The molecule has 1 aromatic rings. The molecule has 8 heteroatoms. The third kappa shape index (κ3) is 5.22. The summed E-state index contributed by atoms with van der Waals surface area (Å²) in [4.78, 5) is 12.6. The van der Waals surface area contributed by atoms with Crippen molar-refractivity contribution in [3.8, 4) is 0 Å². The second-order valence-electron chi connectivity index (χ2n) is 7.73. The molecular weight excluding hydrogens is 386 g/mol. The number of benzene rings is 1. The van der Waals surface area contributed by atoms with E-state index in [-0.39, 0.29) is 21.7 Å². The molecule has 2 aliphatic rings. The van der Waals surface area contributed by atoms with E-state index < -0.39 is 10.0 Å². The highest BCUT2D eigenvalue weighted by Crippen LogP contribution is 2.29. The van der Waals surface area contributed by atoms with Gasteiger partial charge < -0.3 is 0 Å². The van der Waals surface area contributed by atoms with Crippen LogP contribution in [0.5, 0.6) is 0 Å². The molecule has 3 rings (SSSR count). The summed E-state index contributed by atoms with van der Waals surface area (Å²) in [5, 5.41) is 2.23. The Morgan fingerprint density at radius 2 is 1.93 bits per heavy atom. The van der Waals surface area contributed by atoms with Gasteiger partial charge in [-0.1, -0.05) is 30.7 Å². The largest absolute Gasteiger partial charge is 0.289 e. The van der Waals surface area contributed by atoms with Crippen LogP contribution in [-0.4, -0.2) is 49.8 Å². The Morgan fingerprint density at radius 1 is 1.19 bits per heavy atom. The van der Waals surface area contributed by atoms with Crippen LogP contribution in [0.25, 0.3) is 0 Å². The lowest BCUT2D eigenvalue weighted by Gasteiger charge is -2.33. The minimum absolute atomic E-state index is 0.0221. The molecule has 0 saturated carbocycles. The molecule has 0 radical (unpaired) electrons. The van der Waals surface area contributed by atoms with E-state index in [2.05, 4.69) is 12.3 Å². The first kappa shape index (κ1) is 20.6. The van der Waals surface area contributed by atoms with Crippen LogP contribution in [-0.2, 0) is 14.8 Å². The van der Waals surface area contributed by atoms with Crippen molar-refractivity contribution < 1.29 is 13.2 Å². The number of halogens is 1. The van der Waals surface area contributed by atoms with Gasteiger partial charge in [-0.3, -0.25) is 10.2 Å². The van der Waals surface area contributed by atoms with E-state index in [1.807, 2.05) is 5.01 Å². The predicted octanol–water partition coefficient (Wildman–Crippen LogP) is 2.89. The number of sulfonamides is 1. The fourth-order valence-electron chi connectivity index (χ4n) is 3.98. The molecule has 1 N–H and O–H groups in total. The van der Waals surface area contributed by atoms with E-state index in [4.69, 9.17) is 11.6 Å². The number of hydrogen-bond donors (Lipinski definition) is 1. The molecule has 2 fully saturated rings. The standard InChI is InChI=1S/C19H28ClN3O3S/c1-15-6-4-10-22(13-15)21-19(24)12-16-7-5-11-23(14-16)27(25,26)18-9-3-2-8-17(18)20/h2-3,8-9,15-16H,4-7,10-14H2,1H3,(H,21,24). The first-order valence-corrected chi connectivity index (χ1v) is 11.5. The summed E-state index contributed by atoms with van der Waals surface area (Å²) in [5.41, 5.74) is 3.00. The van der Waals surface area contributed by atoms with Gasteiger partial charge in [0, 0.05) is 32.6 Å². The Morgan fingerprint density at radius 3 is 2.67 bits per heavy atom. The predicted molar refractivity (Wildman–Crippen MR) is 106 cm³/mol. The molecule has 2 atom stereocenters. The van der Waals surface area contributed by atoms with Crippen LogP contribution in [0.1, 0.15) is 39.0 Å². The van der Waals surface area contributed by atoms with Crippen molar-refractivity contribution in [1.82, 2.24) is 14.7 Å². The number of piperidine rings is 2. The highest BCUT2D eigenvalue weighted by atomic mass is 35.5. The van der Waals surface area contributed by atoms with Gasteiger partial charge in [-0.15, -0.1) is 0 Å². The van der Waals surface area contributed by atoms with Crippen molar-refractivity contribution in [3.63, 3.8) is 0 Å². The highest BCUT2D eigenvalue weighted by molar-refractivity contribution is 7.89. The lowest BCUT2D eigenvalue weighted by atomic mass is 9.96. The van der Waals surface area contributed by atoms with Crippen LogP contribution >= 0.6 is 11.6 Å². The molecule has 27 heavy (non-hydrogen) atoms. The summed E-state index contributed by atoms with van der Waals surface area (Å²) in [7, 11) is -3.64. The molecule has 2 unspecified atom stereocenters. The zero-order chi connectivity index (χ0) is 19.4. The Balaban J connectivity index is 1.59. The van der Waals surface area contributed by atoms with Gasteiger partial charge in [-0.25, -0.2) is 13.4 Å². The molecule has 6 nitrogen and oxygen atoms in total. The van der Waals surface area contributed by atoms with Gasteiger partial charge in [0.25, 0.3) is 0 Å². The number of nitrogens with one attached hydrogen (secondary N) is 1. The van der Waals surface area contributed by atoms with E-state index in [0.717, 1.165) is 32.4 Å². The molecule has 0 spiro atoms. The van der Waals surface area contributed by atoms with Crippen molar-refractivity contribution >= 4 is 27.5 Å².